The lowest BCUT2D eigenvalue weighted by molar-refractivity contribution is 0.0472. The van der Waals surface area contributed by atoms with Crippen LogP contribution in [0, 0.1) is 11.3 Å². The van der Waals surface area contributed by atoms with E-state index in [1.54, 1.807) is 29.6 Å². The highest BCUT2D eigenvalue weighted by atomic mass is 32.1. The second kappa shape index (κ2) is 6.68. The summed E-state index contributed by atoms with van der Waals surface area (Å²) in [4.78, 5) is 16.4. The molecule has 0 unspecified atom stereocenters. The largest absolute Gasteiger partial charge is 0.478 e. The van der Waals surface area contributed by atoms with Crippen molar-refractivity contribution in [1.82, 2.24) is 4.98 Å². The highest BCUT2D eigenvalue weighted by Gasteiger charge is 2.14. The molecule has 0 saturated heterocycles. The number of nitriles is 1. The minimum absolute atomic E-state index is 0.0442. The minimum Gasteiger partial charge on any atom is -0.478 e. The molecule has 5 nitrogen and oxygen atoms in total. The topological polar surface area (TPSA) is 72.2 Å². The summed E-state index contributed by atoms with van der Waals surface area (Å²) in [6.45, 7) is 2.44. The van der Waals surface area contributed by atoms with Crippen molar-refractivity contribution in [3.63, 3.8) is 0 Å². The molecule has 0 bridgehead atoms. The van der Waals surface area contributed by atoms with Gasteiger partial charge in [-0.1, -0.05) is 6.07 Å². The molecule has 6 heteroatoms. The van der Waals surface area contributed by atoms with E-state index in [-0.39, 0.29) is 6.61 Å². The average molecular weight is 288 g/mol. The summed E-state index contributed by atoms with van der Waals surface area (Å²) in [7, 11) is 0. The third-order valence-electron chi connectivity index (χ3n) is 2.40. The Balaban J connectivity index is 2.00. The van der Waals surface area contributed by atoms with Crippen LogP contribution in [0.5, 0.6) is 5.88 Å². The number of esters is 1. The van der Waals surface area contributed by atoms with Crippen molar-refractivity contribution in [1.29, 1.82) is 5.26 Å². The van der Waals surface area contributed by atoms with Crippen molar-refractivity contribution in [3.8, 4) is 11.9 Å². The summed E-state index contributed by atoms with van der Waals surface area (Å²) in [5, 5.41) is 10.5. The molecule has 2 aromatic rings. The van der Waals surface area contributed by atoms with E-state index in [0.29, 0.717) is 28.6 Å². The Morgan fingerprint density at radius 2 is 2.30 bits per heavy atom. The van der Waals surface area contributed by atoms with Crippen molar-refractivity contribution in [2.75, 3.05) is 6.61 Å². The molecule has 0 radical (unpaired) electrons. The number of pyridine rings is 1. The molecule has 0 aliphatic heterocycles. The van der Waals surface area contributed by atoms with Crippen molar-refractivity contribution >= 4 is 17.3 Å². The van der Waals surface area contributed by atoms with Crippen LogP contribution in [0.15, 0.2) is 29.6 Å². The molecule has 2 rings (SSSR count). The van der Waals surface area contributed by atoms with Crippen molar-refractivity contribution < 1.29 is 14.3 Å². The van der Waals surface area contributed by atoms with Gasteiger partial charge in [0.05, 0.1) is 17.9 Å². The van der Waals surface area contributed by atoms with Crippen LogP contribution >= 0.6 is 11.3 Å². The smallest absolute Gasteiger partial charge is 0.350 e. The first-order valence-corrected chi connectivity index (χ1v) is 6.86. The quantitative estimate of drug-likeness (QED) is 0.791. The van der Waals surface area contributed by atoms with Crippen LogP contribution in [0.1, 0.15) is 27.9 Å². The molecule has 20 heavy (non-hydrogen) atoms. The maximum atomic E-state index is 11.8. The number of ether oxygens (including phenoxy) is 2. The first kappa shape index (κ1) is 14.0. The number of carbonyl (C=O) groups is 1. The zero-order valence-corrected chi connectivity index (χ0v) is 11.6. The number of hydrogen-bond donors (Lipinski definition) is 0. The predicted octanol–water partition coefficient (Wildman–Crippen LogP) is 2.77. The second-order valence-corrected chi connectivity index (χ2v) is 4.67. The van der Waals surface area contributed by atoms with Gasteiger partial charge >= 0.3 is 5.97 Å². The van der Waals surface area contributed by atoms with E-state index in [4.69, 9.17) is 14.7 Å². The summed E-state index contributed by atoms with van der Waals surface area (Å²) >= 11 is 1.19. The predicted molar refractivity (Wildman–Crippen MR) is 73.6 cm³/mol. The van der Waals surface area contributed by atoms with Gasteiger partial charge in [-0.15, -0.1) is 11.3 Å². The Labute approximate surface area is 120 Å². The van der Waals surface area contributed by atoms with Crippen LogP contribution in [0.4, 0.5) is 0 Å². The first-order valence-electron chi connectivity index (χ1n) is 5.98. The number of thiophene rings is 1. The maximum absolute atomic E-state index is 11.8. The normalized spacial score (nSPS) is 9.80. The molecule has 0 aliphatic carbocycles. The summed E-state index contributed by atoms with van der Waals surface area (Å²) < 4.78 is 10.4. The zero-order chi connectivity index (χ0) is 14.4. The molecule has 2 heterocycles. The molecule has 0 atom stereocenters. The summed E-state index contributed by atoms with van der Waals surface area (Å²) in [5.41, 5.74) is 0.926. The van der Waals surface area contributed by atoms with Crippen LogP contribution in [-0.4, -0.2) is 17.6 Å². The monoisotopic (exact) mass is 288 g/mol. The Morgan fingerprint density at radius 3 is 3.05 bits per heavy atom. The van der Waals surface area contributed by atoms with E-state index in [9.17, 15) is 4.79 Å². The van der Waals surface area contributed by atoms with Crippen molar-refractivity contribution in [2.45, 2.75) is 13.5 Å². The minimum atomic E-state index is -0.514. The van der Waals surface area contributed by atoms with E-state index in [1.165, 1.54) is 11.3 Å². The lowest BCUT2D eigenvalue weighted by atomic mass is 10.3. The number of aromatic nitrogens is 1. The van der Waals surface area contributed by atoms with E-state index in [1.807, 2.05) is 13.0 Å². The van der Waals surface area contributed by atoms with E-state index in [2.05, 4.69) is 4.98 Å². The van der Waals surface area contributed by atoms with Gasteiger partial charge in [0.15, 0.2) is 0 Å². The second-order valence-electron chi connectivity index (χ2n) is 3.75. The van der Waals surface area contributed by atoms with Crippen LogP contribution < -0.4 is 4.74 Å². The fraction of sp³-hybridized carbons (Fsp3) is 0.214. The van der Waals surface area contributed by atoms with Crippen molar-refractivity contribution in [3.05, 3.63) is 45.8 Å². The molecule has 0 aromatic carbocycles. The molecule has 0 amide bonds. The van der Waals surface area contributed by atoms with Gasteiger partial charge in [0, 0.05) is 6.07 Å². The van der Waals surface area contributed by atoms with Crippen LogP contribution in [0.3, 0.4) is 0 Å². The van der Waals surface area contributed by atoms with Gasteiger partial charge in [0.1, 0.15) is 17.6 Å². The standard InChI is InChI=1S/C14H12N2O3S/c1-2-18-12-5-3-4-11(16-12)9-19-14(17)13-10(8-15)6-7-20-13/h3-7H,2,9H2,1H3. The Kier molecular flexibility index (Phi) is 4.69. The summed E-state index contributed by atoms with van der Waals surface area (Å²) in [6.07, 6.45) is 0. The van der Waals surface area contributed by atoms with Gasteiger partial charge in [-0.2, -0.15) is 5.26 Å². The van der Waals surface area contributed by atoms with Crippen molar-refractivity contribution in [2.24, 2.45) is 0 Å². The Bertz CT molecular complexity index is 646. The SMILES string of the molecule is CCOc1cccc(COC(=O)c2sccc2C#N)n1. The van der Waals surface area contributed by atoms with Crippen LogP contribution in [-0.2, 0) is 11.3 Å². The summed E-state index contributed by atoms with van der Waals surface area (Å²) in [5.74, 6) is -0.0185. The first-order chi connectivity index (χ1) is 9.74. The molecule has 2 aromatic heterocycles. The number of hydrogen-bond acceptors (Lipinski definition) is 6. The average Bonchev–Trinajstić information content (AvgIpc) is 2.94. The molecule has 0 saturated carbocycles. The highest BCUT2D eigenvalue weighted by molar-refractivity contribution is 7.12. The molecule has 0 aliphatic rings. The lowest BCUT2D eigenvalue weighted by Gasteiger charge is -2.06. The molecule has 0 fully saturated rings. The van der Waals surface area contributed by atoms with Gasteiger partial charge in [-0.05, 0) is 24.4 Å². The van der Waals surface area contributed by atoms with E-state index < -0.39 is 5.97 Å². The van der Waals surface area contributed by atoms with Gasteiger partial charge in [-0.3, -0.25) is 0 Å². The van der Waals surface area contributed by atoms with Crippen LogP contribution in [0.25, 0.3) is 0 Å². The van der Waals surface area contributed by atoms with E-state index in [0.717, 1.165) is 0 Å². The van der Waals surface area contributed by atoms with E-state index >= 15 is 0 Å². The van der Waals surface area contributed by atoms with Gasteiger partial charge in [0.25, 0.3) is 0 Å². The Morgan fingerprint density at radius 1 is 1.45 bits per heavy atom. The van der Waals surface area contributed by atoms with Gasteiger partial charge in [0.2, 0.25) is 5.88 Å². The highest BCUT2D eigenvalue weighted by Crippen LogP contribution is 2.17. The number of nitrogens with zero attached hydrogens (tertiary/aromatic N) is 2. The van der Waals surface area contributed by atoms with Gasteiger partial charge in [-0.25, -0.2) is 9.78 Å². The zero-order valence-electron chi connectivity index (χ0n) is 10.8. The fourth-order valence-corrected chi connectivity index (χ4v) is 2.26. The molecule has 0 N–H and O–H groups in total. The summed E-state index contributed by atoms with van der Waals surface area (Å²) in [6, 6.07) is 8.82. The number of carbonyl (C=O) groups excluding carboxylic acids is 1. The molecular weight excluding hydrogens is 276 g/mol. The maximum Gasteiger partial charge on any atom is 0.350 e. The Hall–Kier alpha value is -2.39. The van der Waals surface area contributed by atoms with Gasteiger partial charge < -0.3 is 9.47 Å². The fourth-order valence-electron chi connectivity index (χ4n) is 1.53. The number of rotatable bonds is 5. The molecule has 102 valence electrons. The molecule has 0 spiro atoms. The lowest BCUT2D eigenvalue weighted by Crippen LogP contribution is -2.06. The van der Waals surface area contributed by atoms with Crippen LogP contribution in [0.2, 0.25) is 0 Å². The third kappa shape index (κ3) is 3.33. The molecular formula is C14H12N2O3S. The third-order valence-corrected chi connectivity index (χ3v) is 3.29.